The van der Waals surface area contributed by atoms with Gasteiger partial charge in [-0.25, -0.2) is 0 Å². The van der Waals surface area contributed by atoms with E-state index in [0.29, 0.717) is 70.0 Å². The average molecular weight is 867 g/mol. The van der Waals surface area contributed by atoms with Gasteiger partial charge in [-0.1, -0.05) is 35.7 Å². The van der Waals surface area contributed by atoms with E-state index in [1.165, 1.54) is 42.5 Å². The third-order valence-corrected chi connectivity index (χ3v) is 11.3. The van der Waals surface area contributed by atoms with Crippen molar-refractivity contribution in [2.75, 3.05) is 0 Å². The fourth-order valence-electron chi connectivity index (χ4n) is 6.86. The summed E-state index contributed by atoms with van der Waals surface area (Å²) in [5.41, 5.74) is -4.43. The van der Waals surface area contributed by atoms with E-state index >= 15 is 0 Å². The Bertz CT molecular complexity index is 2640. The Balaban J connectivity index is 1.36. The van der Waals surface area contributed by atoms with Crippen LogP contribution in [0, 0.1) is 45.3 Å². The number of hydrogen-bond acceptors (Lipinski definition) is 6. The second kappa shape index (κ2) is 14.6. The van der Waals surface area contributed by atoms with Gasteiger partial charge in [0, 0.05) is 30.7 Å². The molecule has 4 nitrogen and oxygen atoms in total. The molecule has 0 spiro atoms. The van der Waals surface area contributed by atoms with Crippen LogP contribution in [-0.2, 0) is 24.7 Å². The van der Waals surface area contributed by atoms with Gasteiger partial charge in [0.2, 0.25) is 0 Å². The number of halogens is 12. The van der Waals surface area contributed by atoms with Crippen molar-refractivity contribution in [3.8, 4) is 46.5 Å². The molecule has 0 saturated carbocycles. The van der Waals surface area contributed by atoms with Crippen LogP contribution in [0.15, 0.2) is 116 Å². The molecule has 0 unspecified atom stereocenters. The summed E-state index contributed by atoms with van der Waals surface area (Å²) in [6.45, 7) is 0. The van der Waals surface area contributed by atoms with Crippen LogP contribution in [0.1, 0.15) is 44.5 Å². The van der Waals surface area contributed by atoms with Crippen molar-refractivity contribution in [1.82, 2.24) is 0 Å². The lowest BCUT2D eigenvalue weighted by Gasteiger charge is -2.14. The predicted octanol–water partition coefficient (Wildman–Crippen LogP) is 13.7. The van der Waals surface area contributed by atoms with E-state index in [1.54, 1.807) is 30.3 Å². The van der Waals surface area contributed by atoms with Crippen LogP contribution < -0.4 is 0 Å². The van der Waals surface area contributed by atoms with Crippen LogP contribution in [0.4, 0.5) is 52.7 Å². The number of rotatable bonds is 4. The van der Waals surface area contributed by atoms with Crippen molar-refractivity contribution in [2.45, 2.75) is 44.3 Å². The molecule has 0 aromatic heterocycles. The number of allylic oxidation sites excluding steroid dienone is 2. The summed E-state index contributed by atoms with van der Waals surface area (Å²) in [6, 6.07) is 21.1. The summed E-state index contributed by atoms with van der Waals surface area (Å²) in [6.07, 6.45) is -20.4. The van der Waals surface area contributed by atoms with Gasteiger partial charge in [0.1, 0.15) is 35.4 Å². The molecule has 0 heterocycles. The molecule has 298 valence electrons. The van der Waals surface area contributed by atoms with Crippen molar-refractivity contribution in [1.29, 1.82) is 21.0 Å². The Hall–Kier alpha value is -6.60. The van der Waals surface area contributed by atoms with Gasteiger partial charge in [-0.05, 0) is 117 Å². The Kier molecular flexibility index (Phi) is 10.1. The zero-order chi connectivity index (χ0) is 43.7. The first-order valence-corrected chi connectivity index (χ1v) is 18.2. The first-order valence-electron chi connectivity index (χ1n) is 16.6. The van der Waals surface area contributed by atoms with Crippen LogP contribution in [0.2, 0.25) is 0 Å². The van der Waals surface area contributed by atoms with E-state index in [2.05, 4.69) is 0 Å². The third-order valence-electron chi connectivity index (χ3n) is 9.34. The highest BCUT2D eigenvalue weighted by atomic mass is 32.2. The van der Waals surface area contributed by atoms with Crippen LogP contribution in [0.5, 0.6) is 0 Å². The zero-order valence-electron chi connectivity index (χ0n) is 29.2. The second-order valence-electron chi connectivity index (χ2n) is 13.0. The van der Waals surface area contributed by atoms with Gasteiger partial charge in [-0.15, -0.1) is 0 Å². The van der Waals surface area contributed by atoms with Crippen LogP contribution in [-0.4, -0.2) is 0 Å². The van der Waals surface area contributed by atoms with Crippen LogP contribution >= 0.6 is 23.5 Å². The summed E-state index contributed by atoms with van der Waals surface area (Å²) < 4.78 is 163. The van der Waals surface area contributed by atoms with Crippen molar-refractivity contribution in [2.24, 2.45) is 0 Å². The van der Waals surface area contributed by atoms with Crippen molar-refractivity contribution < 1.29 is 52.7 Å². The molecule has 7 rings (SSSR count). The van der Waals surface area contributed by atoms with Gasteiger partial charge in [0.15, 0.2) is 0 Å². The number of nitriles is 4. The lowest BCUT2D eigenvalue weighted by Crippen LogP contribution is -2.10. The lowest BCUT2D eigenvalue weighted by atomic mass is 9.93. The van der Waals surface area contributed by atoms with Gasteiger partial charge in [-0.2, -0.15) is 73.7 Å². The van der Waals surface area contributed by atoms with Crippen molar-refractivity contribution in [3.05, 3.63) is 141 Å². The maximum atomic E-state index is 13.6. The largest absolute Gasteiger partial charge is 0.416 e. The van der Waals surface area contributed by atoms with Crippen molar-refractivity contribution in [3.63, 3.8) is 0 Å². The molecule has 0 saturated heterocycles. The Morgan fingerprint density at radius 2 is 0.617 bits per heavy atom. The Morgan fingerprint density at radius 1 is 0.333 bits per heavy atom. The summed E-state index contributed by atoms with van der Waals surface area (Å²) in [5.74, 6) is 0. The molecule has 2 aliphatic rings. The lowest BCUT2D eigenvalue weighted by molar-refractivity contribution is -0.145. The summed E-state index contributed by atoms with van der Waals surface area (Å²) in [7, 11) is 0. The second-order valence-corrected chi connectivity index (χ2v) is 15.3. The van der Waals surface area contributed by atoms with E-state index in [0.717, 1.165) is 0 Å². The first-order chi connectivity index (χ1) is 28.0. The van der Waals surface area contributed by atoms with Gasteiger partial charge < -0.3 is 0 Å². The number of fused-ring (bicyclic) bond motifs is 6. The highest BCUT2D eigenvalue weighted by Gasteiger charge is 2.39. The molecule has 0 bridgehead atoms. The van der Waals surface area contributed by atoms with E-state index in [9.17, 15) is 73.7 Å². The molecule has 0 N–H and O–H groups in total. The molecule has 60 heavy (non-hydrogen) atoms. The zero-order valence-corrected chi connectivity index (χ0v) is 30.9. The van der Waals surface area contributed by atoms with Crippen molar-refractivity contribution >= 4 is 34.7 Å². The number of alkyl halides is 12. The van der Waals surface area contributed by atoms with Gasteiger partial charge >= 0.3 is 24.7 Å². The topological polar surface area (TPSA) is 95.2 Å². The summed E-state index contributed by atoms with van der Waals surface area (Å²) >= 11 is 1.14. The van der Waals surface area contributed by atoms with E-state index < -0.39 is 67.9 Å². The van der Waals surface area contributed by atoms with E-state index in [-0.39, 0.29) is 55.3 Å². The summed E-state index contributed by atoms with van der Waals surface area (Å²) in [4.78, 5) is -0.526. The van der Waals surface area contributed by atoms with E-state index in [4.69, 9.17) is 0 Å². The van der Waals surface area contributed by atoms with Gasteiger partial charge in [0.05, 0.1) is 22.3 Å². The molecular weight excluding hydrogens is 853 g/mol. The minimum absolute atomic E-state index is 0.0104. The number of benzene rings is 5. The maximum Gasteiger partial charge on any atom is 0.416 e. The minimum atomic E-state index is -5.10. The smallest absolute Gasteiger partial charge is 0.192 e. The molecule has 5 aromatic carbocycles. The fourth-order valence-corrected chi connectivity index (χ4v) is 8.77. The normalized spacial score (nSPS) is 13.0. The minimum Gasteiger partial charge on any atom is -0.192 e. The molecule has 0 aliphatic heterocycles. The average Bonchev–Trinajstić information content (AvgIpc) is 3.64. The molecule has 5 aromatic rings. The molecule has 2 aliphatic carbocycles. The SMILES string of the molecule is N#CC(C#N)=C1c2cc(Sc3cc(C(F)(F)F)cc(C(F)(F)F)c3)ccc2-c2cc3c(cc21)C(=C(C#N)C#N)c1cc(Sc2cc(C(F)(F)F)cc(C(F)(F)F)c2)ccc1-3. The standard InChI is InChI=1S/C42H14F12N4S2/c43-39(44,45)21-5-22(40(46,47)48)8-27(7-21)59-25-1-3-29-31-13-32-30-4-2-26(60-28-9-23(41(49,50)51)6-24(10-28)42(52,53)54)12-34(30)38(20(17-57)18-58)36(32)14-35(31)37(33(29)11-25)19(15-55)16-56/h1-14H. The van der Waals surface area contributed by atoms with Crippen LogP contribution in [0.3, 0.4) is 0 Å². The third kappa shape index (κ3) is 7.56. The molecule has 18 heteroatoms. The predicted molar refractivity (Wildman–Crippen MR) is 193 cm³/mol. The number of hydrogen-bond donors (Lipinski definition) is 0. The molecule has 0 radical (unpaired) electrons. The quantitative estimate of drug-likeness (QED) is 0.129. The van der Waals surface area contributed by atoms with Crippen LogP contribution in [0.25, 0.3) is 33.4 Å². The Labute approximate surface area is 338 Å². The van der Waals surface area contributed by atoms with E-state index in [1.807, 2.05) is 0 Å². The first kappa shape index (κ1) is 41.6. The fraction of sp³-hybridized carbons (Fsp3) is 0.0952. The number of nitrogens with zero attached hydrogens (tertiary/aromatic N) is 4. The van der Waals surface area contributed by atoms with Gasteiger partial charge in [-0.3, -0.25) is 0 Å². The maximum absolute atomic E-state index is 13.6. The molecule has 0 amide bonds. The Morgan fingerprint density at radius 3 is 0.900 bits per heavy atom. The highest BCUT2D eigenvalue weighted by molar-refractivity contribution is 7.99. The highest BCUT2D eigenvalue weighted by Crippen LogP contribution is 2.55. The molecular formula is C42H14F12N4S2. The summed E-state index contributed by atoms with van der Waals surface area (Å²) in [5, 5.41) is 40.0. The molecule has 0 atom stereocenters. The monoisotopic (exact) mass is 866 g/mol. The van der Waals surface area contributed by atoms with Gasteiger partial charge in [0.25, 0.3) is 0 Å². The molecule has 0 fully saturated rings.